The van der Waals surface area contributed by atoms with Crippen molar-refractivity contribution in [3.8, 4) is 0 Å². The lowest BCUT2D eigenvalue weighted by Crippen LogP contribution is -2.55. The second-order valence-electron chi connectivity index (χ2n) is 15.1. The number of amides is 4. The lowest BCUT2D eigenvalue weighted by atomic mass is 10.3. The first-order valence-electron chi connectivity index (χ1n) is 21.6. The topological polar surface area (TPSA) is 304 Å². The molecular formula is C39H60N10O19. The first-order chi connectivity index (χ1) is 32.6. The number of esters is 3. The van der Waals surface area contributed by atoms with Gasteiger partial charge in [-0.3, -0.25) is 34.0 Å². The fraction of sp³-hybridized carbons (Fsp3) is 0.718. The molecular weight excluding hydrogens is 912 g/mol. The average molecular weight is 973 g/mol. The molecule has 4 rings (SSSR count). The van der Waals surface area contributed by atoms with E-state index in [-0.39, 0.29) is 66.3 Å². The monoisotopic (exact) mass is 972 g/mol. The Morgan fingerprint density at radius 1 is 0.412 bits per heavy atom. The van der Waals surface area contributed by atoms with Crippen molar-refractivity contribution in [3.63, 3.8) is 0 Å². The van der Waals surface area contributed by atoms with Crippen LogP contribution in [-0.4, -0.2) is 178 Å². The number of nitrogens with zero attached hydrogens (tertiary/aromatic N) is 10. The summed E-state index contributed by atoms with van der Waals surface area (Å²) >= 11 is 0. The zero-order valence-electron chi connectivity index (χ0n) is 39.0. The normalized spacial score (nSPS) is 15.7. The zero-order valence-corrected chi connectivity index (χ0v) is 39.0. The third-order valence-corrected chi connectivity index (χ3v) is 10.7. The van der Waals surface area contributed by atoms with Crippen LogP contribution in [0, 0.1) is 0 Å². The van der Waals surface area contributed by atoms with Gasteiger partial charge in [0, 0.05) is 54.6 Å². The molecule has 68 heavy (non-hydrogen) atoms. The highest BCUT2D eigenvalue weighted by Crippen LogP contribution is 2.34. The van der Waals surface area contributed by atoms with Crippen LogP contribution in [-0.2, 0) is 91.5 Å². The van der Waals surface area contributed by atoms with E-state index in [0.717, 1.165) is 22.7 Å². The summed E-state index contributed by atoms with van der Waals surface area (Å²) in [5.41, 5.74) is -6.39. The van der Waals surface area contributed by atoms with Crippen LogP contribution in [0.15, 0.2) is 28.8 Å². The van der Waals surface area contributed by atoms with Gasteiger partial charge in [0.1, 0.15) is 33.5 Å². The van der Waals surface area contributed by atoms with Gasteiger partial charge in [0.25, 0.3) is 0 Å². The maximum atomic E-state index is 13.6. The van der Waals surface area contributed by atoms with Crippen LogP contribution in [0.4, 0.5) is 9.59 Å². The summed E-state index contributed by atoms with van der Waals surface area (Å²) in [7, 11) is 6.63. The van der Waals surface area contributed by atoms with Gasteiger partial charge < -0.3 is 37.9 Å². The third-order valence-electron chi connectivity index (χ3n) is 10.7. The van der Waals surface area contributed by atoms with E-state index in [1.54, 1.807) is 0 Å². The molecule has 2 unspecified atom stereocenters. The van der Waals surface area contributed by atoms with Gasteiger partial charge >= 0.3 is 64.1 Å². The number of carbonyl (C=O) groups is 5. The number of unbranched alkanes of at least 4 members (excludes halogenated alkanes) is 1. The molecule has 4 heterocycles. The van der Waals surface area contributed by atoms with Gasteiger partial charge in [0.15, 0.2) is 12.3 Å². The van der Waals surface area contributed by atoms with Crippen molar-refractivity contribution in [2.75, 3.05) is 88.9 Å². The van der Waals surface area contributed by atoms with Gasteiger partial charge in [0.05, 0.1) is 59.3 Å². The highest BCUT2D eigenvalue weighted by atomic mass is 16.5. The molecule has 0 aliphatic carbocycles. The van der Waals surface area contributed by atoms with Gasteiger partial charge in [0.2, 0.25) is 0 Å². The maximum Gasteiger partial charge on any atom is 0.336 e. The molecule has 29 heteroatoms. The largest absolute Gasteiger partial charge is 0.469 e. The minimum Gasteiger partial charge on any atom is -0.469 e. The van der Waals surface area contributed by atoms with Crippen molar-refractivity contribution in [2.45, 2.75) is 97.0 Å². The summed E-state index contributed by atoms with van der Waals surface area (Å²) in [6.45, 7) is -2.08. The summed E-state index contributed by atoms with van der Waals surface area (Å²) in [5.74, 6) is -2.44. The van der Waals surface area contributed by atoms with Crippen LogP contribution >= 0.6 is 0 Å². The SMILES string of the molecule is CCCCOC(=O)CCn1c(=O)n(CCC(=O)OC)c(=O)n(CCC(=O)OCCn2c(=O)n(CCCOCN3C(=O)N(COC)C4C3N(COC)C(=O)N4COC)c(=O)n(CCOC)c2=O)c1=O. The number of hydrogen-bond donors (Lipinski definition) is 0. The van der Waals surface area contributed by atoms with Crippen molar-refractivity contribution in [2.24, 2.45) is 0 Å². The molecule has 2 aromatic rings. The van der Waals surface area contributed by atoms with Crippen molar-refractivity contribution < 1.29 is 61.9 Å². The van der Waals surface area contributed by atoms with Crippen LogP contribution < -0.4 is 34.1 Å². The van der Waals surface area contributed by atoms with Gasteiger partial charge in [-0.1, -0.05) is 13.3 Å². The summed E-state index contributed by atoms with van der Waals surface area (Å²) in [5, 5.41) is 0. The van der Waals surface area contributed by atoms with Crippen LogP contribution in [0.2, 0.25) is 0 Å². The van der Waals surface area contributed by atoms with Gasteiger partial charge in [-0.2, -0.15) is 0 Å². The molecule has 2 aliphatic heterocycles. The Balaban J connectivity index is 1.45. The molecule has 0 saturated carbocycles. The predicted molar refractivity (Wildman–Crippen MR) is 230 cm³/mol. The van der Waals surface area contributed by atoms with E-state index in [2.05, 4.69) is 4.74 Å². The molecule has 2 saturated heterocycles. The molecule has 29 nitrogen and oxygen atoms in total. The Labute approximate surface area is 387 Å². The lowest BCUT2D eigenvalue weighted by Gasteiger charge is -2.28. The lowest BCUT2D eigenvalue weighted by molar-refractivity contribution is -0.145. The molecule has 2 fully saturated rings. The molecule has 0 spiro atoms. The molecule has 0 aromatic carbocycles. The van der Waals surface area contributed by atoms with Crippen LogP contribution in [0.1, 0.15) is 45.4 Å². The highest BCUT2D eigenvalue weighted by molar-refractivity contribution is 5.85. The molecule has 0 N–H and O–H groups in total. The summed E-state index contributed by atoms with van der Waals surface area (Å²) in [6.07, 6.45) is -1.70. The number of carbonyl (C=O) groups excluding carboxylic acids is 5. The number of hydrogen-bond acceptors (Lipinski definition) is 19. The number of ether oxygens (including phenoxy) is 8. The third kappa shape index (κ3) is 12.8. The fourth-order valence-electron chi connectivity index (χ4n) is 7.33. The molecule has 2 atom stereocenters. The molecule has 0 radical (unpaired) electrons. The van der Waals surface area contributed by atoms with Gasteiger partial charge in [-0.15, -0.1) is 0 Å². The second-order valence-corrected chi connectivity index (χ2v) is 15.1. The zero-order chi connectivity index (χ0) is 50.1. The van der Waals surface area contributed by atoms with Crippen molar-refractivity contribution in [1.82, 2.24) is 47.0 Å². The predicted octanol–water partition coefficient (Wildman–Crippen LogP) is -3.46. The van der Waals surface area contributed by atoms with E-state index < -0.39 is 128 Å². The van der Waals surface area contributed by atoms with E-state index in [1.165, 1.54) is 48.0 Å². The fourth-order valence-corrected chi connectivity index (χ4v) is 7.33. The summed E-state index contributed by atoms with van der Waals surface area (Å²) in [4.78, 5) is 149. The Morgan fingerprint density at radius 3 is 1.18 bits per heavy atom. The molecule has 4 amide bonds. The molecule has 2 aliphatic rings. The quantitative estimate of drug-likeness (QED) is 0.0417. The number of aromatic nitrogens is 6. The molecule has 380 valence electrons. The van der Waals surface area contributed by atoms with Crippen molar-refractivity contribution in [3.05, 3.63) is 62.9 Å². The number of fused-ring (bicyclic) bond motifs is 1. The molecule has 2 aromatic heterocycles. The molecule has 0 bridgehead atoms. The van der Waals surface area contributed by atoms with Crippen LogP contribution in [0.25, 0.3) is 0 Å². The van der Waals surface area contributed by atoms with E-state index in [1.807, 2.05) is 6.92 Å². The van der Waals surface area contributed by atoms with E-state index in [0.29, 0.717) is 24.7 Å². The number of rotatable bonds is 30. The van der Waals surface area contributed by atoms with Gasteiger partial charge in [-0.05, 0) is 12.8 Å². The summed E-state index contributed by atoms with van der Waals surface area (Å²) < 4.78 is 45.5. The number of urea groups is 2. The number of methoxy groups -OCH3 is 5. The maximum absolute atomic E-state index is 13.6. The average Bonchev–Trinajstić information content (AvgIpc) is 3.72. The van der Waals surface area contributed by atoms with E-state index in [4.69, 9.17) is 33.2 Å². The van der Waals surface area contributed by atoms with E-state index in [9.17, 15) is 52.7 Å². The minimum atomic E-state index is -1.14. The van der Waals surface area contributed by atoms with E-state index >= 15 is 0 Å². The van der Waals surface area contributed by atoms with Crippen LogP contribution in [0.5, 0.6) is 0 Å². The van der Waals surface area contributed by atoms with Crippen molar-refractivity contribution in [1.29, 1.82) is 0 Å². The summed E-state index contributed by atoms with van der Waals surface area (Å²) in [6, 6.07) is -0.963. The van der Waals surface area contributed by atoms with Crippen molar-refractivity contribution >= 4 is 30.0 Å². The first-order valence-corrected chi connectivity index (χ1v) is 21.6. The Kier molecular flexibility index (Phi) is 20.9. The first kappa shape index (κ1) is 54.2. The highest BCUT2D eigenvalue weighted by Gasteiger charge is 2.59. The smallest absolute Gasteiger partial charge is 0.336 e. The Hall–Kier alpha value is -6.43. The standard InChI is InChI=1S/C39H60N10O19/c1-7-8-20-67-28(51)11-15-42-34(55)41(14-10-27(50)65-6)35(56)43(36(42)57)16-12-29(52)68-22-18-45-33(54)40(32(53)44(37(45)58)17-21-61-2)13-9-19-66-26-49-31-30(47(24-63-4)39(49)60)46(23-62-3)38(59)48(31)25-64-5/h30-31H,7-26H2,1-6H3. The minimum absolute atomic E-state index is 0.0289. The van der Waals surface area contributed by atoms with Gasteiger partial charge in [-0.25, -0.2) is 65.8 Å². The second kappa shape index (κ2) is 26.2. The Bertz CT molecular complexity index is 2450. The van der Waals surface area contributed by atoms with Crippen LogP contribution in [0.3, 0.4) is 0 Å². The Morgan fingerprint density at radius 2 is 0.779 bits per heavy atom.